The standard InChI is InChI=1S/C17H17Cl2N5/c1-10-2-3-11(15(19)14(10)18)17-16-12(22-9-23-16)4-7-24(17)8-13-20-5-6-21-13/h2-3,5-6,9,17H,4,7-8H2,1H3,(H,20,21)(H,22,23). The number of benzene rings is 1. The van der Waals surface area contributed by atoms with Crippen molar-refractivity contribution >= 4 is 23.2 Å². The second-order valence-electron chi connectivity index (χ2n) is 6.02. The number of H-pyrrole nitrogens is 2. The van der Waals surface area contributed by atoms with E-state index in [9.17, 15) is 0 Å². The highest BCUT2D eigenvalue weighted by Crippen LogP contribution is 2.40. The number of aryl methyl sites for hydroxylation is 1. The summed E-state index contributed by atoms with van der Waals surface area (Å²) in [6, 6.07) is 4.01. The predicted octanol–water partition coefficient (Wildman–Crippen LogP) is 3.90. The molecule has 124 valence electrons. The Morgan fingerprint density at radius 3 is 2.88 bits per heavy atom. The molecule has 5 nitrogen and oxygen atoms in total. The average molecular weight is 362 g/mol. The van der Waals surface area contributed by atoms with Gasteiger partial charge in [-0.3, -0.25) is 4.90 Å². The van der Waals surface area contributed by atoms with Gasteiger partial charge in [-0.15, -0.1) is 0 Å². The van der Waals surface area contributed by atoms with E-state index in [0.717, 1.165) is 41.3 Å². The van der Waals surface area contributed by atoms with E-state index in [4.69, 9.17) is 23.2 Å². The van der Waals surface area contributed by atoms with Crippen LogP contribution in [-0.2, 0) is 13.0 Å². The summed E-state index contributed by atoms with van der Waals surface area (Å²) in [6.45, 7) is 3.55. The minimum atomic E-state index is -0.0456. The van der Waals surface area contributed by atoms with Crippen molar-refractivity contribution in [1.29, 1.82) is 0 Å². The van der Waals surface area contributed by atoms with Crippen molar-refractivity contribution in [2.75, 3.05) is 6.54 Å². The summed E-state index contributed by atoms with van der Waals surface area (Å²) in [7, 11) is 0. The van der Waals surface area contributed by atoms with E-state index < -0.39 is 0 Å². The number of hydrogen-bond donors (Lipinski definition) is 2. The first-order chi connectivity index (χ1) is 11.6. The van der Waals surface area contributed by atoms with Gasteiger partial charge in [0.15, 0.2) is 0 Å². The van der Waals surface area contributed by atoms with Gasteiger partial charge < -0.3 is 9.97 Å². The van der Waals surface area contributed by atoms with Crippen LogP contribution in [0.4, 0.5) is 0 Å². The molecular formula is C17H17Cl2N5. The van der Waals surface area contributed by atoms with Crippen molar-refractivity contribution in [2.45, 2.75) is 25.9 Å². The summed E-state index contributed by atoms with van der Waals surface area (Å²) < 4.78 is 0. The number of halogens is 2. The summed E-state index contributed by atoms with van der Waals surface area (Å²) in [5, 5.41) is 1.21. The molecule has 0 spiro atoms. The number of nitrogens with zero attached hydrogens (tertiary/aromatic N) is 3. The number of aromatic nitrogens is 4. The largest absolute Gasteiger partial charge is 0.348 e. The highest BCUT2D eigenvalue weighted by molar-refractivity contribution is 6.43. The highest BCUT2D eigenvalue weighted by atomic mass is 35.5. The van der Waals surface area contributed by atoms with E-state index in [2.05, 4.69) is 24.8 Å². The lowest BCUT2D eigenvalue weighted by Gasteiger charge is -2.35. The van der Waals surface area contributed by atoms with Gasteiger partial charge in [0.25, 0.3) is 0 Å². The summed E-state index contributed by atoms with van der Waals surface area (Å²) in [5.74, 6) is 0.924. The minimum Gasteiger partial charge on any atom is -0.348 e. The van der Waals surface area contributed by atoms with E-state index in [1.807, 2.05) is 25.3 Å². The molecule has 0 bridgehead atoms. The quantitative estimate of drug-likeness (QED) is 0.743. The van der Waals surface area contributed by atoms with Gasteiger partial charge in [-0.25, -0.2) is 9.97 Å². The normalized spacial score (nSPS) is 17.9. The van der Waals surface area contributed by atoms with E-state index >= 15 is 0 Å². The number of fused-ring (bicyclic) bond motifs is 1. The number of hydrogen-bond acceptors (Lipinski definition) is 3. The molecule has 4 rings (SSSR count). The second kappa shape index (κ2) is 6.24. The Kier molecular flexibility index (Phi) is 4.08. The molecule has 7 heteroatoms. The van der Waals surface area contributed by atoms with Gasteiger partial charge in [0.1, 0.15) is 5.82 Å². The minimum absolute atomic E-state index is 0.0456. The zero-order valence-electron chi connectivity index (χ0n) is 13.2. The Hall–Kier alpha value is -1.82. The van der Waals surface area contributed by atoms with Gasteiger partial charge in [-0.1, -0.05) is 35.3 Å². The fourth-order valence-electron chi connectivity index (χ4n) is 3.29. The lowest BCUT2D eigenvalue weighted by Crippen LogP contribution is -2.36. The van der Waals surface area contributed by atoms with Crippen LogP contribution >= 0.6 is 23.2 Å². The maximum Gasteiger partial charge on any atom is 0.120 e. The summed E-state index contributed by atoms with van der Waals surface area (Å²) in [6.07, 6.45) is 6.27. The SMILES string of the molecule is Cc1ccc(C2c3nc[nH]c3CCN2Cc2ncc[nH]2)c(Cl)c1Cl. The van der Waals surface area contributed by atoms with Crippen LogP contribution < -0.4 is 0 Å². The molecule has 0 aliphatic carbocycles. The predicted molar refractivity (Wildman–Crippen MR) is 94.3 cm³/mol. The van der Waals surface area contributed by atoms with Crippen molar-refractivity contribution in [2.24, 2.45) is 0 Å². The summed E-state index contributed by atoms with van der Waals surface area (Å²) in [5.41, 5.74) is 4.12. The van der Waals surface area contributed by atoms with E-state index in [-0.39, 0.29) is 6.04 Å². The first-order valence-electron chi connectivity index (χ1n) is 7.84. The first kappa shape index (κ1) is 15.7. The van der Waals surface area contributed by atoms with Crippen LogP contribution in [0.2, 0.25) is 10.0 Å². The zero-order valence-corrected chi connectivity index (χ0v) is 14.7. The van der Waals surface area contributed by atoms with Crippen LogP contribution in [0, 0.1) is 6.92 Å². The topological polar surface area (TPSA) is 60.6 Å². The third kappa shape index (κ3) is 2.62. The molecule has 0 radical (unpaired) electrons. The van der Waals surface area contributed by atoms with Crippen molar-refractivity contribution in [3.8, 4) is 0 Å². The van der Waals surface area contributed by atoms with Crippen molar-refractivity contribution in [3.63, 3.8) is 0 Å². The smallest absolute Gasteiger partial charge is 0.120 e. The van der Waals surface area contributed by atoms with Crippen LogP contribution in [0.15, 0.2) is 30.9 Å². The number of imidazole rings is 2. The van der Waals surface area contributed by atoms with E-state index in [1.165, 1.54) is 0 Å². The molecule has 2 aromatic heterocycles. The van der Waals surface area contributed by atoms with E-state index in [1.54, 1.807) is 12.5 Å². The number of rotatable bonds is 3. The van der Waals surface area contributed by atoms with Gasteiger partial charge in [-0.05, 0) is 18.1 Å². The molecule has 0 amide bonds. The molecule has 0 fully saturated rings. The molecule has 3 heterocycles. The zero-order chi connectivity index (χ0) is 16.7. The molecule has 1 unspecified atom stereocenters. The maximum atomic E-state index is 6.59. The van der Waals surface area contributed by atoms with Crippen LogP contribution in [-0.4, -0.2) is 31.4 Å². The third-order valence-corrected chi connectivity index (χ3v) is 5.52. The molecule has 1 aliphatic heterocycles. The van der Waals surface area contributed by atoms with Crippen molar-refractivity contribution < 1.29 is 0 Å². The molecule has 3 aromatic rings. The van der Waals surface area contributed by atoms with Crippen LogP contribution in [0.1, 0.15) is 34.4 Å². The number of nitrogens with one attached hydrogen (secondary N) is 2. The molecule has 1 aromatic carbocycles. The van der Waals surface area contributed by atoms with Crippen molar-refractivity contribution in [1.82, 2.24) is 24.8 Å². The fraction of sp³-hybridized carbons (Fsp3) is 0.294. The molecule has 0 saturated carbocycles. The van der Waals surface area contributed by atoms with Crippen LogP contribution in [0.25, 0.3) is 0 Å². The van der Waals surface area contributed by atoms with Gasteiger partial charge in [-0.2, -0.15) is 0 Å². The average Bonchev–Trinajstić information content (AvgIpc) is 3.25. The summed E-state index contributed by atoms with van der Waals surface area (Å²) in [4.78, 5) is 17.7. The maximum absolute atomic E-state index is 6.59. The van der Waals surface area contributed by atoms with Gasteiger partial charge in [0.05, 0.1) is 34.7 Å². The Labute approximate surface area is 150 Å². The summed E-state index contributed by atoms with van der Waals surface area (Å²) >= 11 is 13.0. The monoisotopic (exact) mass is 361 g/mol. The molecule has 2 N–H and O–H groups in total. The number of aromatic amines is 2. The molecular weight excluding hydrogens is 345 g/mol. The third-order valence-electron chi connectivity index (χ3n) is 4.53. The Morgan fingerprint density at radius 1 is 1.21 bits per heavy atom. The van der Waals surface area contributed by atoms with Crippen LogP contribution in [0.5, 0.6) is 0 Å². The molecule has 1 aliphatic rings. The lowest BCUT2D eigenvalue weighted by atomic mass is 9.94. The molecule has 1 atom stereocenters. The van der Waals surface area contributed by atoms with Gasteiger partial charge in [0, 0.05) is 31.1 Å². The second-order valence-corrected chi connectivity index (χ2v) is 6.78. The molecule has 24 heavy (non-hydrogen) atoms. The molecule has 0 saturated heterocycles. The Morgan fingerprint density at radius 2 is 2.08 bits per heavy atom. The van der Waals surface area contributed by atoms with Crippen molar-refractivity contribution in [3.05, 3.63) is 69.2 Å². The Balaban J connectivity index is 1.80. The van der Waals surface area contributed by atoms with Gasteiger partial charge in [0.2, 0.25) is 0 Å². The first-order valence-corrected chi connectivity index (χ1v) is 8.59. The lowest BCUT2D eigenvalue weighted by molar-refractivity contribution is 0.196. The van der Waals surface area contributed by atoms with Crippen LogP contribution in [0.3, 0.4) is 0 Å². The van der Waals surface area contributed by atoms with Gasteiger partial charge >= 0.3 is 0 Å². The highest BCUT2D eigenvalue weighted by Gasteiger charge is 2.33. The Bertz CT molecular complexity index is 856. The fourth-order valence-corrected chi connectivity index (χ4v) is 3.78. The van der Waals surface area contributed by atoms with E-state index in [0.29, 0.717) is 16.6 Å².